The lowest BCUT2D eigenvalue weighted by Gasteiger charge is -2.38. The topological polar surface area (TPSA) is 50.3 Å². The van der Waals surface area contributed by atoms with Crippen molar-refractivity contribution in [2.24, 2.45) is 0 Å². The van der Waals surface area contributed by atoms with E-state index >= 15 is 0 Å². The van der Waals surface area contributed by atoms with E-state index < -0.39 is 12.2 Å². The number of methoxy groups -OCH3 is 1. The van der Waals surface area contributed by atoms with E-state index in [0.717, 1.165) is 0 Å². The van der Waals surface area contributed by atoms with E-state index in [1.807, 2.05) is 0 Å². The molecule has 0 aromatic carbocycles. The van der Waals surface area contributed by atoms with Crippen LogP contribution in [-0.2, 0) is 0 Å². The molecule has 1 aliphatic rings. The van der Waals surface area contributed by atoms with E-state index in [1.54, 1.807) is 12.3 Å². The van der Waals surface area contributed by atoms with Crippen molar-refractivity contribution in [2.45, 2.75) is 31.1 Å². The fourth-order valence-corrected chi connectivity index (χ4v) is 2.38. The molecule has 2 rings (SSSR count). The molecule has 1 fully saturated rings. The van der Waals surface area contributed by atoms with Crippen LogP contribution in [0, 0.1) is 0 Å². The van der Waals surface area contributed by atoms with Crippen LogP contribution in [0.15, 0.2) is 12.3 Å². The van der Waals surface area contributed by atoms with Gasteiger partial charge in [0.25, 0.3) is 0 Å². The number of likely N-dealkylation sites (N-methyl/N-ethyl adjacent to an activating group) is 1. The molecule has 20 heavy (non-hydrogen) atoms. The molecule has 112 valence electrons. The second kappa shape index (κ2) is 5.82. The number of likely N-dealkylation sites (tertiary alicyclic amines) is 1. The summed E-state index contributed by atoms with van der Waals surface area (Å²) in [6.07, 6.45) is -2.14. The van der Waals surface area contributed by atoms with Gasteiger partial charge in [-0.25, -0.2) is 4.98 Å². The van der Waals surface area contributed by atoms with Crippen LogP contribution in [0.4, 0.5) is 19.1 Å². The highest BCUT2D eigenvalue weighted by Gasteiger charge is 2.44. The third kappa shape index (κ3) is 3.50. The molecule has 1 saturated heterocycles. The zero-order chi connectivity index (χ0) is 14.8. The molecular weight excluding hydrogens is 273 g/mol. The molecule has 0 amide bonds. The monoisotopic (exact) mass is 290 g/mol. The van der Waals surface area contributed by atoms with Gasteiger partial charge in [-0.1, -0.05) is 0 Å². The quantitative estimate of drug-likeness (QED) is 0.921. The summed E-state index contributed by atoms with van der Waals surface area (Å²) in [5.41, 5.74) is 0. The number of rotatable bonds is 3. The summed E-state index contributed by atoms with van der Waals surface area (Å²) in [7, 11) is 2.98. The van der Waals surface area contributed by atoms with Crippen molar-refractivity contribution in [3.63, 3.8) is 0 Å². The van der Waals surface area contributed by atoms with Gasteiger partial charge in [0.05, 0.1) is 7.11 Å². The average Bonchev–Trinajstić information content (AvgIpc) is 2.37. The molecule has 5 nitrogen and oxygen atoms in total. The molecule has 1 aliphatic heterocycles. The Morgan fingerprint density at radius 2 is 2.15 bits per heavy atom. The Balaban J connectivity index is 1.96. The van der Waals surface area contributed by atoms with Crippen molar-refractivity contribution < 1.29 is 17.9 Å². The van der Waals surface area contributed by atoms with Gasteiger partial charge in [-0.2, -0.15) is 18.2 Å². The van der Waals surface area contributed by atoms with Crippen LogP contribution in [0.3, 0.4) is 0 Å². The first-order valence-corrected chi connectivity index (χ1v) is 6.30. The van der Waals surface area contributed by atoms with E-state index in [4.69, 9.17) is 4.74 Å². The van der Waals surface area contributed by atoms with Gasteiger partial charge in [-0.3, -0.25) is 4.90 Å². The molecule has 0 unspecified atom stereocenters. The first-order valence-electron chi connectivity index (χ1n) is 6.30. The van der Waals surface area contributed by atoms with Gasteiger partial charge in [-0.15, -0.1) is 0 Å². The Bertz CT molecular complexity index is 455. The Morgan fingerprint density at radius 1 is 1.40 bits per heavy atom. The van der Waals surface area contributed by atoms with E-state index in [-0.39, 0.29) is 12.5 Å². The number of nitrogens with one attached hydrogen (secondary N) is 1. The second-order valence-electron chi connectivity index (χ2n) is 4.84. The van der Waals surface area contributed by atoms with Gasteiger partial charge in [0, 0.05) is 24.8 Å². The fraction of sp³-hybridized carbons (Fsp3) is 0.667. The smallest absolute Gasteiger partial charge is 0.404 e. The summed E-state index contributed by atoms with van der Waals surface area (Å²) in [6, 6.07) is 0.134. The van der Waals surface area contributed by atoms with E-state index in [9.17, 15) is 13.2 Å². The van der Waals surface area contributed by atoms with Crippen molar-refractivity contribution >= 4 is 5.95 Å². The Kier molecular flexibility index (Phi) is 4.32. The van der Waals surface area contributed by atoms with Crippen LogP contribution in [0.5, 0.6) is 5.88 Å². The lowest BCUT2D eigenvalue weighted by Crippen LogP contribution is -2.52. The standard InChI is InChI=1S/C12H17F3N4O/c1-19-7-8(3-4-9(19)12(13,14)15)17-11-16-6-5-10(18-11)20-2/h5-6,8-9H,3-4,7H2,1-2H3,(H,16,17,18)/t8-,9-/m1/s1. The number of ether oxygens (including phenoxy) is 1. The minimum atomic E-state index is -4.17. The minimum absolute atomic E-state index is 0.0711. The molecule has 1 aromatic rings. The first-order chi connectivity index (χ1) is 9.40. The maximum absolute atomic E-state index is 12.7. The second-order valence-corrected chi connectivity index (χ2v) is 4.84. The molecule has 1 N–H and O–H groups in total. The molecule has 2 atom stereocenters. The van der Waals surface area contributed by atoms with Gasteiger partial charge in [-0.05, 0) is 19.9 Å². The number of anilines is 1. The summed E-state index contributed by atoms with van der Waals surface area (Å²) in [5.74, 6) is 0.785. The maximum Gasteiger partial charge on any atom is 0.404 e. The number of piperidine rings is 1. The van der Waals surface area contributed by atoms with Crippen molar-refractivity contribution in [2.75, 3.05) is 26.0 Å². The summed E-state index contributed by atoms with van der Waals surface area (Å²) in [4.78, 5) is 9.45. The van der Waals surface area contributed by atoms with Gasteiger partial charge < -0.3 is 10.1 Å². The molecule has 2 heterocycles. The van der Waals surface area contributed by atoms with Crippen LogP contribution >= 0.6 is 0 Å². The van der Waals surface area contributed by atoms with Crippen LogP contribution in [0.2, 0.25) is 0 Å². The lowest BCUT2D eigenvalue weighted by molar-refractivity contribution is -0.187. The SMILES string of the molecule is COc1ccnc(N[C@@H]2CC[C@H](C(F)(F)F)N(C)C2)n1. The fourth-order valence-electron chi connectivity index (χ4n) is 2.38. The maximum atomic E-state index is 12.7. The highest BCUT2D eigenvalue weighted by atomic mass is 19.4. The van der Waals surface area contributed by atoms with Crippen molar-refractivity contribution in [3.05, 3.63) is 12.3 Å². The molecule has 0 bridgehead atoms. The number of halogens is 3. The normalized spacial score (nSPS) is 24.4. The molecule has 0 radical (unpaired) electrons. The third-order valence-corrected chi connectivity index (χ3v) is 3.38. The van der Waals surface area contributed by atoms with E-state index in [2.05, 4.69) is 15.3 Å². The Labute approximate surface area is 115 Å². The third-order valence-electron chi connectivity index (χ3n) is 3.38. The van der Waals surface area contributed by atoms with Gasteiger partial charge in [0.1, 0.15) is 6.04 Å². The Hall–Kier alpha value is -1.57. The molecular formula is C12H17F3N4O. The zero-order valence-corrected chi connectivity index (χ0v) is 11.3. The van der Waals surface area contributed by atoms with Crippen LogP contribution in [0.1, 0.15) is 12.8 Å². The molecule has 0 aliphatic carbocycles. The number of aromatic nitrogens is 2. The summed E-state index contributed by atoms with van der Waals surface area (Å²) < 4.78 is 43.2. The highest BCUT2D eigenvalue weighted by molar-refractivity contribution is 5.29. The summed E-state index contributed by atoms with van der Waals surface area (Å²) >= 11 is 0. The van der Waals surface area contributed by atoms with Gasteiger partial charge in [0.15, 0.2) is 0 Å². The number of nitrogens with zero attached hydrogens (tertiary/aromatic N) is 3. The number of alkyl halides is 3. The van der Waals surface area contributed by atoms with Crippen molar-refractivity contribution in [3.8, 4) is 5.88 Å². The van der Waals surface area contributed by atoms with Crippen LogP contribution in [-0.4, -0.2) is 53.8 Å². The highest BCUT2D eigenvalue weighted by Crippen LogP contribution is 2.31. The van der Waals surface area contributed by atoms with Crippen molar-refractivity contribution in [1.29, 1.82) is 0 Å². The molecule has 1 aromatic heterocycles. The van der Waals surface area contributed by atoms with Crippen molar-refractivity contribution in [1.82, 2.24) is 14.9 Å². The van der Waals surface area contributed by atoms with E-state index in [1.165, 1.54) is 19.1 Å². The number of hydrogen-bond acceptors (Lipinski definition) is 5. The largest absolute Gasteiger partial charge is 0.481 e. The molecule has 0 spiro atoms. The predicted octanol–water partition coefficient (Wildman–Crippen LogP) is 1.92. The lowest BCUT2D eigenvalue weighted by atomic mass is 9.98. The summed E-state index contributed by atoms with van der Waals surface area (Å²) in [5, 5.41) is 3.05. The zero-order valence-electron chi connectivity index (χ0n) is 11.3. The molecule has 8 heteroatoms. The summed E-state index contributed by atoms with van der Waals surface area (Å²) in [6.45, 7) is 0.296. The van der Waals surface area contributed by atoms with Crippen LogP contribution in [0.25, 0.3) is 0 Å². The number of hydrogen-bond donors (Lipinski definition) is 1. The van der Waals surface area contributed by atoms with Crippen LogP contribution < -0.4 is 10.1 Å². The molecule has 0 saturated carbocycles. The predicted molar refractivity (Wildman–Crippen MR) is 67.7 cm³/mol. The minimum Gasteiger partial charge on any atom is -0.481 e. The average molecular weight is 290 g/mol. The van der Waals surface area contributed by atoms with Gasteiger partial charge >= 0.3 is 6.18 Å². The Morgan fingerprint density at radius 3 is 2.75 bits per heavy atom. The van der Waals surface area contributed by atoms with E-state index in [0.29, 0.717) is 24.8 Å². The van der Waals surface area contributed by atoms with Gasteiger partial charge in [0.2, 0.25) is 11.8 Å². The first kappa shape index (κ1) is 14.8.